The Morgan fingerprint density at radius 2 is 1.68 bits per heavy atom. The van der Waals surface area contributed by atoms with Gasteiger partial charge in [-0.15, -0.1) is 0 Å². The molecule has 7 heteroatoms. The zero-order valence-electron chi connectivity index (χ0n) is 15.0. The number of amides is 1. The van der Waals surface area contributed by atoms with Gasteiger partial charge in [0.2, 0.25) is 5.95 Å². The van der Waals surface area contributed by atoms with Crippen LogP contribution in [0.2, 0.25) is 0 Å². The van der Waals surface area contributed by atoms with Crippen LogP contribution in [0.3, 0.4) is 0 Å². The van der Waals surface area contributed by atoms with E-state index in [1.807, 2.05) is 0 Å². The Balaban J connectivity index is 1.73. The monoisotopic (exact) mass is 380 g/mol. The van der Waals surface area contributed by atoms with Crippen molar-refractivity contribution in [2.75, 3.05) is 12.3 Å². The lowest BCUT2D eigenvalue weighted by molar-refractivity contribution is 0.0733. The summed E-state index contributed by atoms with van der Waals surface area (Å²) in [5.74, 6) is -0.806. The molecule has 1 unspecified atom stereocenters. The average Bonchev–Trinajstić information content (AvgIpc) is 3.18. The Bertz CT molecular complexity index is 1010. The molecule has 1 aliphatic heterocycles. The molecular formula is C21H18F2N4O. The molecule has 5 nitrogen and oxygen atoms in total. The summed E-state index contributed by atoms with van der Waals surface area (Å²) in [7, 11) is 0. The third-order valence-electron chi connectivity index (χ3n) is 4.91. The number of carbonyl (C=O) groups excluding carboxylic acids is 1. The number of nitrogens with zero attached hydrogens (tertiary/aromatic N) is 3. The number of hydrogen-bond acceptors (Lipinski definition) is 4. The molecule has 1 aromatic heterocycles. The number of aromatic nitrogens is 2. The van der Waals surface area contributed by atoms with E-state index in [1.165, 1.54) is 36.4 Å². The fourth-order valence-electron chi connectivity index (χ4n) is 3.57. The molecular weight excluding hydrogens is 362 g/mol. The van der Waals surface area contributed by atoms with E-state index in [2.05, 4.69) is 9.97 Å². The molecule has 0 saturated carbocycles. The molecule has 3 aromatic rings. The molecule has 1 saturated heterocycles. The average molecular weight is 380 g/mol. The minimum atomic E-state index is -0.392. The molecule has 4 rings (SSSR count). The van der Waals surface area contributed by atoms with Gasteiger partial charge in [0.15, 0.2) is 0 Å². The number of benzene rings is 2. The van der Waals surface area contributed by atoms with Gasteiger partial charge in [-0.2, -0.15) is 0 Å². The molecule has 142 valence electrons. The predicted octanol–water partition coefficient (Wildman–Crippen LogP) is 3.98. The second-order valence-corrected chi connectivity index (χ2v) is 6.70. The van der Waals surface area contributed by atoms with Crippen LogP contribution in [-0.2, 0) is 0 Å². The first-order valence-corrected chi connectivity index (χ1v) is 8.98. The molecule has 1 aliphatic rings. The van der Waals surface area contributed by atoms with E-state index in [4.69, 9.17) is 5.73 Å². The zero-order chi connectivity index (χ0) is 19.7. The Morgan fingerprint density at radius 3 is 2.36 bits per heavy atom. The topological polar surface area (TPSA) is 72.1 Å². The van der Waals surface area contributed by atoms with Crippen LogP contribution in [0.25, 0.3) is 11.1 Å². The number of rotatable bonds is 3. The van der Waals surface area contributed by atoms with Gasteiger partial charge in [0.05, 0.1) is 11.7 Å². The lowest BCUT2D eigenvalue weighted by Gasteiger charge is -2.26. The predicted molar refractivity (Wildman–Crippen MR) is 101 cm³/mol. The summed E-state index contributed by atoms with van der Waals surface area (Å²) >= 11 is 0. The molecule has 1 atom stereocenters. The van der Waals surface area contributed by atoms with Crippen LogP contribution in [0.1, 0.15) is 34.9 Å². The van der Waals surface area contributed by atoms with Crippen molar-refractivity contribution in [1.29, 1.82) is 0 Å². The van der Waals surface area contributed by atoms with Gasteiger partial charge in [-0.05, 0) is 54.8 Å². The molecule has 28 heavy (non-hydrogen) atoms. The minimum Gasteiger partial charge on any atom is -0.368 e. The summed E-state index contributed by atoms with van der Waals surface area (Å²) in [4.78, 5) is 23.2. The normalized spacial score (nSPS) is 16.4. The summed E-state index contributed by atoms with van der Waals surface area (Å²) in [5.41, 5.74) is 8.32. The lowest BCUT2D eigenvalue weighted by atomic mass is 9.99. The standard InChI is InChI=1S/C21H18F2N4O/c22-15-7-3-13(4-8-15)17-12-25-21(24)26-19(17)18-2-1-11-27(18)20(28)14-5-9-16(23)10-6-14/h3-10,12,18H,1-2,11H2,(H2,24,25,26). The second-order valence-electron chi connectivity index (χ2n) is 6.70. The first-order valence-electron chi connectivity index (χ1n) is 8.98. The van der Waals surface area contributed by atoms with Gasteiger partial charge < -0.3 is 10.6 Å². The first-order chi connectivity index (χ1) is 13.5. The van der Waals surface area contributed by atoms with Crippen molar-refractivity contribution < 1.29 is 13.6 Å². The van der Waals surface area contributed by atoms with Crippen LogP contribution in [0, 0.1) is 11.6 Å². The number of likely N-dealkylation sites (tertiary alicyclic amines) is 1. The Kier molecular flexibility index (Phi) is 4.73. The molecule has 0 spiro atoms. The van der Waals surface area contributed by atoms with E-state index < -0.39 is 5.82 Å². The molecule has 1 amide bonds. The summed E-state index contributed by atoms with van der Waals surface area (Å²) < 4.78 is 26.5. The number of carbonyl (C=O) groups is 1. The van der Waals surface area contributed by atoms with Gasteiger partial charge in [-0.1, -0.05) is 12.1 Å². The molecule has 2 N–H and O–H groups in total. The highest BCUT2D eigenvalue weighted by atomic mass is 19.1. The fraction of sp³-hybridized carbons (Fsp3) is 0.190. The van der Waals surface area contributed by atoms with Gasteiger partial charge >= 0.3 is 0 Å². The van der Waals surface area contributed by atoms with Crippen molar-refractivity contribution in [2.45, 2.75) is 18.9 Å². The smallest absolute Gasteiger partial charge is 0.254 e. The highest BCUT2D eigenvalue weighted by Crippen LogP contribution is 2.37. The van der Waals surface area contributed by atoms with E-state index in [9.17, 15) is 13.6 Å². The molecule has 0 radical (unpaired) electrons. The van der Waals surface area contributed by atoms with Gasteiger partial charge in [-0.3, -0.25) is 4.79 Å². The SMILES string of the molecule is Nc1ncc(-c2ccc(F)cc2)c(C2CCCN2C(=O)c2ccc(F)cc2)n1. The molecule has 0 aliphatic carbocycles. The largest absolute Gasteiger partial charge is 0.368 e. The maximum Gasteiger partial charge on any atom is 0.254 e. The number of nitrogen functional groups attached to an aromatic ring is 1. The van der Waals surface area contributed by atoms with Gasteiger partial charge in [-0.25, -0.2) is 18.7 Å². The molecule has 2 aromatic carbocycles. The van der Waals surface area contributed by atoms with Crippen molar-refractivity contribution in [3.8, 4) is 11.1 Å². The summed E-state index contributed by atoms with van der Waals surface area (Å²) in [6.07, 6.45) is 3.13. The molecule has 2 heterocycles. The third kappa shape index (κ3) is 3.43. The number of anilines is 1. The summed E-state index contributed by atoms with van der Waals surface area (Å²) in [6.45, 7) is 0.563. The van der Waals surface area contributed by atoms with Crippen molar-refractivity contribution in [1.82, 2.24) is 14.9 Å². The number of nitrogens with two attached hydrogens (primary N) is 1. The van der Waals surface area contributed by atoms with Crippen LogP contribution in [-0.4, -0.2) is 27.3 Å². The van der Waals surface area contributed by atoms with Crippen LogP contribution in [0.15, 0.2) is 54.7 Å². The van der Waals surface area contributed by atoms with Crippen molar-refractivity contribution in [3.63, 3.8) is 0 Å². The maximum absolute atomic E-state index is 13.3. The fourth-order valence-corrected chi connectivity index (χ4v) is 3.57. The highest BCUT2D eigenvalue weighted by Gasteiger charge is 2.33. The van der Waals surface area contributed by atoms with Crippen LogP contribution in [0.4, 0.5) is 14.7 Å². The molecule has 0 bridgehead atoms. The summed E-state index contributed by atoms with van der Waals surface area (Å²) in [6, 6.07) is 11.2. The van der Waals surface area contributed by atoms with Crippen molar-refractivity contribution >= 4 is 11.9 Å². The molecule has 1 fully saturated rings. The van der Waals surface area contributed by atoms with Gasteiger partial charge in [0, 0.05) is 23.9 Å². The Morgan fingerprint density at radius 1 is 1.04 bits per heavy atom. The van der Waals surface area contributed by atoms with Crippen LogP contribution in [0.5, 0.6) is 0 Å². The Hall–Kier alpha value is -3.35. The quantitative estimate of drug-likeness (QED) is 0.746. The third-order valence-corrected chi connectivity index (χ3v) is 4.91. The van der Waals surface area contributed by atoms with Crippen LogP contribution >= 0.6 is 0 Å². The Labute approximate surface area is 160 Å². The summed E-state index contributed by atoms with van der Waals surface area (Å²) in [5, 5.41) is 0. The maximum atomic E-state index is 13.3. The second kappa shape index (κ2) is 7.34. The van der Waals surface area contributed by atoms with E-state index in [0.717, 1.165) is 18.4 Å². The van der Waals surface area contributed by atoms with E-state index in [0.29, 0.717) is 23.4 Å². The zero-order valence-corrected chi connectivity index (χ0v) is 15.0. The van der Waals surface area contributed by atoms with E-state index >= 15 is 0 Å². The van der Waals surface area contributed by atoms with E-state index in [1.54, 1.807) is 23.2 Å². The highest BCUT2D eigenvalue weighted by molar-refractivity contribution is 5.94. The lowest BCUT2D eigenvalue weighted by Crippen LogP contribution is -2.31. The van der Waals surface area contributed by atoms with E-state index in [-0.39, 0.29) is 23.7 Å². The number of halogens is 2. The van der Waals surface area contributed by atoms with Gasteiger partial charge in [0.1, 0.15) is 11.6 Å². The van der Waals surface area contributed by atoms with Crippen LogP contribution < -0.4 is 5.73 Å². The minimum absolute atomic E-state index is 0.113. The van der Waals surface area contributed by atoms with Crippen molar-refractivity contribution in [3.05, 3.63) is 77.6 Å². The number of hydrogen-bond donors (Lipinski definition) is 1. The van der Waals surface area contributed by atoms with Gasteiger partial charge in [0.25, 0.3) is 5.91 Å². The van der Waals surface area contributed by atoms with Crippen molar-refractivity contribution in [2.24, 2.45) is 0 Å². The first kappa shape index (κ1) is 18.0.